The number of alkyl halides is 3. The van der Waals surface area contributed by atoms with E-state index in [2.05, 4.69) is 69.8 Å². The molecular weight excluding hydrogens is 547 g/mol. The fraction of sp³-hybridized carbons (Fsp3) is 0.577. The molecule has 0 radical (unpaired) electrons. The number of piperazine rings is 1. The third-order valence-corrected chi connectivity index (χ3v) is 10.2. The highest BCUT2D eigenvalue weighted by molar-refractivity contribution is 6.68. The zero-order chi connectivity index (χ0) is 31.9. The number of piperidine rings is 1. The average molecular weight is 588 g/mol. The third kappa shape index (κ3) is 6.96. The van der Waals surface area contributed by atoms with Crippen LogP contribution in [0, 0.1) is 5.92 Å². The van der Waals surface area contributed by atoms with E-state index in [1.54, 1.807) is 4.90 Å². The number of hydrogen-bond acceptors (Lipinski definition) is 6. The Balaban J connectivity index is 1.27. The Hall–Kier alpha value is -2.43. The minimum Gasteiger partial charge on any atom is -0.449 e. The third-order valence-electron chi connectivity index (χ3n) is 10.2. The van der Waals surface area contributed by atoms with E-state index in [-0.39, 0.29) is 23.5 Å². The molecule has 0 bridgehead atoms. The first-order valence-electron chi connectivity index (χ1n) is 15.5. The average Bonchev–Trinajstić information content (AvgIpc) is 2.94. The molecule has 3 heterocycles. The normalized spacial score (nSPS) is 20.8. The van der Waals surface area contributed by atoms with Crippen molar-refractivity contribution in [2.75, 3.05) is 37.7 Å². The molecular formula is C26H41B7F3N5O2. The van der Waals surface area contributed by atoms with Crippen LogP contribution in [0.25, 0.3) is 0 Å². The van der Waals surface area contributed by atoms with E-state index >= 15 is 0 Å². The van der Waals surface area contributed by atoms with Crippen LogP contribution in [0.3, 0.4) is 0 Å². The first kappa shape index (κ1) is 33.5. The predicted molar refractivity (Wildman–Crippen MR) is 186 cm³/mol. The van der Waals surface area contributed by atoms with E-state index in [0.29, 0.717) is 31.4 Å². The van der Waals surface area contributed by atoms with Crippen LogP contribution in [0.2, 0.25) is 0 Å². The zero-order valence-electron chi connectivity index (χ0n) is 27.2. The van der Waals surface area contributed by atoms with Gasteiger partial charge in [0, 0.05) is 13.1 Å². The van der Waals surface area contributed by atoms with Gasteiger partial charge in [-0.05, 0) is 57.5 Å². The molecule has 224 valence electrons. The number of hydrogen-bond donors (Lipinski definition) is 0. The van der Waals surface area contributed by atoms with Crippen LogP contribution in [0.1, 0.15) is 44.4 Å². The SMILES string of the molecule is Bc1c(B)c(B)c(C(B)(B)N2CCC(CCOC(=O)N3[C@H](C)CN(c4cnc(C(F)(F)F)cn4)C[C@@H]3C)CC2)c(B)c1B. The van der Waals surface area contributed by atoms with Crippen LogP contribution in [0.5, 0.6) is 0 Å². The summed E-state index contributed by atoms with van der Waals surface area (Å²) in [5, 5.41) is -0.0603. The molecule has 17 heteroatoms. The molecule has 2 aliphatic rings. The van der Waals surface area contributed by atoms with Crippen LogP contribution in [0.4, 0.5) is 23.8 Å². The molecule has 1 amide bonds. The Morgan fingerprint density at radius 2 is 1.44 bits per heavy atom. The highest BCUT2D eigenvalue weighted by Gasteiger charge is 2.37. The van der Waals surface area contributed by atoms with Gasteiger partial charge in [0.15, 0.2) is 5.69 Å². The molecule has 43 heavy (non-hydrogen) atoms. The van der Waals surface area contributed by atoms with Crippen LogP contribution in [-0.2, 0) is 16.3 Å². The molecule has 0 aliphatic carbocycles. The van der Waals surface area contributed by atoms with Crippen molar-refractivity contribution in [3.8, 4) is 0 Å². The van der Waals surface area contributed by atoms with Crippen LogP contribution < -0.4 is 32.2 Å². The zero-order valence-corrected chi connectivity index (χ0v) is 27.2. The van der Waals surface area contributed by atoms with Gasteiger partial charge in [-0.15, -0.1) is 16.4 Å². The lowest BCUT2D eigenvalue weighted by Crippen LogP contribution is -2.63. The summed E-state index contributed by atoms with van der Waals surface area (Å²) in [5.41, 5.74) is 7.40. The minimum atomic E-state index is -4.53. The van der Waals surface area contributed by atoms with Gasteiger partial charge in [-0.3, -0.25) is 4.90 Å². The molecule has 0 N–H and O–H groups in total. The first-order valence-corrected chi connectivity index (χ1v) is 15.5. The molecule has 2 aliphatic heterocycles. The van der Waals surface area contributed by atoms with Crippen molar-refractivity contribution in [3.05, 3.63) is 23.7 Å². The van der Waals surface area contributed by atoms with Gasteiger partial charge >= 0.3 is 12.3 Å². The molecule has 4 rings (SSSR count). The van der Waals surface area contributed by atoms with Crippen molar-refractivity contribution >= 4 is 94.1 Å². The Morgan fingerprint density at radius 3 is 1.93 bits per heavy atom. The number of anilines is 1. The monoisotopic (exact) mass is 589 g/mol. The maximum Gasteiger partial charge on any atom is 0.434 e. The van der Waals surface area contributed by atoms with Crippen LogP contribution in [-0.4, -0.2) is 126 Å². The summed E-state index contributed by atoms with van der Waals surface area (Å²) in [7, 11) is 15.9. The largest absolute Gasteiger partial charge is 0.449 e. The van der Waals surface area contributed by atoms with Crippen molar-refractivity contribution in [1.82, 2.24) is 19.8 Å². The lowest BCUT2D eigenvalue weighted by molar-refractivity contribution is -0.141. The quantitative estimate of drug-likeness (QED) is 0.314. The fourth-order valence-corrected chi connectivity index (χ4v) is 7.24. The molecule has 7 nitrogen and oxygen atoms in total. The number of amides is 1. The maximum atomic E-state index is 13.1. The topological polar surface area (TPSA) is 61.8 Å². The molecule has 0 unspecified atom stereocenters. The Bertz CT molecular complexity index is 1290. The van der Waals surface area contributed by atoms with Crippen molar-refractivity contribution < 1.29 is 22.7 Å². The van der Waals surface area contributed by atoms with Crippen molar-refractivity contribution in [3.63, 3.8) is 0 Å². The number of likely N-dealkylation sites (tertiary alicyclic amines) is 1. The van der Waals surface area contributed by atoms with Gasteiger partial charge in [0.25, 0.3) is 0 Å². The van der Waals surface area contributed by atoms with Crippen molar-refractivity contribution in [2.45, 2.75) is 56.7 Å². The standard InChI is InChI=1S/C26H41B7F3N5O2/c1-13-11-39(17-10-37-16(9-38-17)26(34,35)36)12-14(2)41(13)24(42)43-8-5-15-3-6-40(7-4-15)25(32,33)18-19(27)21(29)23(31)22(30)20(18)28/h9-10,13-15H,3-8,11-12,27-33H2,1-2H3/t13-,14+. The van der Waals surface area contributed by atoms with Crippen LogP contribution in [0.15, 0.2) is 12.4 Å². The van der Waals surface area contributed by atoms with Crippen molar-refractivity contribution in [1.29, 1.82) is 0 Å². The van der Waals surface area contributed by atoms with Gasteiger partial charge in [0.1, 0.15) is 60.7 Å². The number of halogens is 3. The smallest absolute Gasteiger partial charge is 0.434 e. The first-order chi connectivity index (χ1) is 20.0. The van der Waals surface area contributed by atoms with Crippen molar-refractivity contribution in [2.24, 2.45) is 5.92 Å². The number of ether oxygens (including phenoxy) is 1. The molecule has 2 aromatic rings. The number of aromatic nitrogens is 2. The highest BCUT2D eigenvalue weighted by atomic mass is 19.4. The Kier molecular flexibility index (Phi) is 10.0. The van der Waals surface area contributed by atoms with Gasteiger partial charge in [-0.25, -0.2) is 14.8 Å². The van der Waals surface area contributed by atoms with Gasteiger partial charge < -0.3 is 14.5 Å². The lowest BCUT2D eigenvalue weighted by atomic mass is 9.48. The maximum absolute atomic E-state index is 13.1. The molecule has 1 aromatic heterocycles. The summed E-state index contributed by atoms with van der Waals surface area (Å²) in [6, 6.07) is -0.376. The molecule has 1 aromatic carbocycles. The molecule has 2 atom stereocenters. The molecule has 2 fully saturated rings. The van der Waals surface area contributed by atoms with E-state index < -0.39 is 11.9 Å². The minimum absolute atomic E-state index is 0.0603. The number of carbonyl (C=O) groups is 1. The van der Waals surface area contributed by atoms with E-state index in [4.69, 9.17) is 4.74 Å². The van der Waals surface area contributed by atoms with Gasteiger partial charge in [0.05, 0.1) is 31.1 Å². The highest BCUT2D eigenvalue weighted by Crippen LogP contribution is 2.29. The van der Waals surface area contributed by atoms with E-state index in [1.165, 1.54) is 32.9 Å². The fourth-order valence-electron chi connectivity index (χ4n) is 7.24. The number of carbonyl (C=O) groups excluding carboxylic acids is 1. The number of rotatable bonds is 6. The summed E-state index contributed by atoms with van der Waals surface area (Å²) in [5.74, 6) is 0.876. The van der Waals surface area contributed by atoms with Gasteiger partial charge in [-0.2, -0.15) is 13.2 Å². The van der Waals surface area contributed by atoms with Gasteiger partial charge in [-0.1, -0.05) is 16.5 Å². The second kappa shape index (κ2) is 12.9. The summed E-state index contributed by atoms with van der Waals surface area (Å²) >= 11 is 0. The van der Waals surface area contributed by atoms with E-state index in [1.807, 2.05) is 18.7 Å². The number of nitrogens with zero attached hydrogens (tertiary/aromatic N) is 5. The van der Waals surface area contributed by atoms with E-state index in [9.17, 15) is 18.0 Å². The van der Waals surface area contributed by atoms with E-state index in [0.717, 1.165) is 44.7 Å². The second-order valence-corrected chi connectivity index (χ2v) is 13.2. The molecule has 0 saturated carbocycles. The summed E-state index contributed by atoms with van der Waals surface area (Å²) in [6.07, 6.45) is 0.0142. The predicted octanol–water partition coefficient (Wildman–Crippen LogP) is -6.00. The number of benzene rings is 1. The Morgan fingerprint density at radius 1 is 0.907 bits per heavy atom. The summed E-state index contributed by atoms with van der Waals surface area (Å²) in [4.78, 5) is 26.8. The summed E-state index contributed by atoms with van der Waals surface area (Å²) in [6.45, 7) is 7.11. The summed E-state index contributed by atoms with van der Waals surface area (Å²) < 4.78 is 44.3. The lowest BCUT2D eigenvalue weighted by Gasteiger charge is -2.46. The van der Waals surface area contributed by atoms with Crippen LogP contribution >= 0.6 is 0 Å². The molecule has 0 spiro atoms. The molecule has 2 saturated heterocycles. The van der Waals surface area contributed by atoms with Gasteiger partial charge in [0.2, 0.25) is 0 Å². The Labute approximate surface area is 260 Å². The second-order valence-electron chi connectivity index (χ2n) is 13.2.